The highest BCUT2D eigenvalue weighted by Gasteiger charge is 2.34. The molecule has 1 atom stereocenters. The summed E-state index contributed by atoms with van der Waals surface area (Å²) in [5, 5.41) is 5.34. The van der Waals surface area contributed by atoms with E-state index in [2.05, 4.69) is 11.6 Å². The molecule has 0 radical (unpaired) electrons. The van der Waals surface area contributed by atoms with E-state index in [1.54, 1.807) is 0 Å². The van der Waals surface area contributed by atoms with Gasteiger partial charge in [0, 0.05) is 0 Å². The highest BCUT2D eigenvalue weighted by molar-refractivity contribution is 6.22. The Morgan fingerprint density at radius 2 is 1.83 bits per heavy atom. The third-order valence-electron chi connectivity index (χ3n) is 1.64. The van der Waals surface area contributed by atoms with Crippen LogP contribution in [0, 0.1) is 5.92 Å². The molecule has 0 aromatic carbocycles. The topological polar surface area (TPSA) is 20.2 Å². The van der Waals surface area contributed by atoms with Crippen molar-refractivity contribution in [3.63, 3.8) is 0 Å². The molecule has 1 unspecified atom stereocenters. The van der Waals surface area contributed by atoms with Crippen molar-refractivity contribution in [2.45, 2.75) is 44.6 Å². The Morgan fingerprint density at radius 3 is 2.17 bits per heavy atom. The van der Waals surface area contributed by atoms with Gasteiger partial charge in [0.1, 0.15) is 6.10 Å². The Kier molecular flexibility index (Phi) is 5.02. The average Bonchev–Trinajstić information content (AvgIpc) is 1.84. The standard InChI is InChI=1S/C8H15ClF2O/c1-6(2)4-3-5-7(12)8(9,10)11/h6-7,12H,3-5H2,1-2H3. The van der Waals surface area contributed by atoms with E-state index in [9.17, 15) is 8.78 Å². The predicted molar refractivity (Wildman–Crippen MR) is 45.5 cm³/mol. The fraction of sp³-hybridized carbons (Fsp3) is 1.00. The molecule has 1 N–H and O–H groups in total. The lowest BCUT2D eigenvalue weighted by molar-refractivity contribution is -0.0455. The molecule has 0 aliphatic carbocycles. The second kappa shape index (κ2) is 4.97. The van der Waals surface area contributed by atoms with Crippen LogP contribution in [0.4, 0.5) is 8.78 Å². The van der Waals surface area contributed by atoms with Gasteiger partial charge in [-0.15, -0.1) is 0 Å². The first kappa shape index (κ1) is 12.1. The van der Waals surface area contributed by atoms with Crippen LogP contribution >= 0.6 is 11.6 Å². The zero-order valence-electron chi connectivity index (χ0n) is 7.36. The van der Waals surface area contributed by atoms with Crippen LogP contribution < -0.4 is 0 Å². The zero-order valence-corrected chi connectivity index (χ0v) is 8.11. The summed E-state index contributed by atoms with van der Waals surface area (Å²) in [6.07, 6.45) is -0.224. The number of rotatable bonds is 5. The summed E-state index contributed by atoms with van der Waals surface area (Å²) in [5.74, 6) is 0.473. The van der Waals surface area contributed by atoms with Gasteiger partial charge in [0.25, 0.3) is 0 Å². The smallest absolute Gasteiger partial charge is 0.347 e. The Balaban J connectivity index is 3.51. The van der Waals surface area contributed by atoms with Crippen LogP contribution in [-0.4, -0.2) is 16.6 Å². The van der Waals surface area contributed by atoms with E-state index in [-0.39, 0.29) is 6.42 Å². The van der Waals surface area contributed by atoms with Crippen LogP contribution in [0.25, 0.3) is 0 Å². The number of alkyl halides is 3. The molecule has 4 heteroatoms. The van der Waals surface area contributed by atoms with Crippen LogP contribution in [0.3, 0.4) is 0 Å². The summed E-state index contributed by atoms with van der Waals surface area (Å²) in [4.78, 5) is 0. The lowest BCUT2D eigenvalue weighted by Crippen LogP contribution is -2.27. The number of halogens is 3. The molecule has 0 amide bonds. The van der Waals surface area contributed by atoms with Crippen molar-refractivity contribution in [2.24, 2.45) is 5.92 Å². The van der Waals surface area contributed by atoms with Crippen molar-refractivity contribution in [1.29, 1.82) is 0 Å². The normalized spacial score (nSPS) is 15.2. The van der Waals surface area contributed by atoms with Gasteiger partial charge < -0.3 is 5.11 Å². The van der Waals surface area contributed by atoms with Gasteiger partial charge in [0.15, 0.2) is 0 Å². The maximum absolute atomic E-state index is 12.2. The number of aliphatic hydroxyl groups excluding tert-OH is 1. The van der Waals surface area contributed by atoms with Crippen molar-refractivity contribution >= 4 is 11.6 Å². The van der Waals surface area contributed by atoms with Crippen LogP contribution in [0.2, 0.25) is 0 Å². The molecular formula is C8H15ClF2O. The molecule has 12 heavy (non-hydrogen) atoms. The van der Waals surface area contributed by atoms with E-state index >= 15 is 0 Å². The molecule has 0 aliphatic heterocycles. The third kappa shape index (κ3) is 5.72. The molecule has 0 fully saturated rings. The number of hydrogen-bond donors (Lipinski definition) is 1. The Bertz CT molecular complexity index is 123. The predicted octanol–water partition coefficient (Wildman–Crippen LogP) is 3.01. The molecule has 0 aliphatic rings. The summed E-state index contributed by atoms with van der Waals surface area (Å²) in [7, 11) is 0. The molecule has 0 aromatic rings. The second-order valence-electron chi connectivity index (χ2n) is 3.38. The van der Waals surface area contributed by atoms with Crippen molar-refractivity contribution < 1.29 is 13.9 Å². The summed E-state index contributed by atoms with van der Waals surface area (Å²) in [6.45, 7) is 4.01. The van der Waals surface area contributed by atoms with Gasteiger partial charge in [-0.1, -0.05) is 26.7 Å². The fourth-order valence-corrected chi connectivity index (χ4v) is 0.992. The molecular weight excluding hydrogens is 186 g/mol. The van der Waals surface area contributed by atoms with Gasteiger partial charge in [-0.2, -0.15) is 8.78 Å². The van der Waals surface area contributed by atoms with Gasteiger partial charge >= 0.3 is 5.38 Å². The SMILES string of the molecule is CC(C)CCCC(O)C(F)(F)Cl. The molecule has 0 rings (SSSR count). The van der Waals surface area contributed by atoms with Crippen LogP contribution in [-0.2, 0) is 0 Å². The summed E-state index contributed by atoms with van der Waals surface area (Å²) in [5.41, 5.74) is 0. The lowest BCUT2D eigenvalue weighted by atomic mass is 10.0. The van der Waals surface area contributed by atoms with Crippen molar-refractivity contribution in [3.8, 4) is 0 Å². The van der Waals surface area contributed by atoms with Crippen LogP contribution in [0.1, 0.15) is 33.1 Å². The van der Waals surface area contributed by atoms with E-state index in [1.807, 2.05) is 13.8 Å². The van der Waals surface area contributed by atoms with Crippen LogP contribution in [0.15, 0.2) is 0 Å². The van der Waals surface area contributed by atoms with Crippen molar-refractivity contribution in [1.82, 2.24) is 0 Å². The first-order valence-electron chi connectivity index (χ1n) is 4.09. The molecule has 0 aromatic heterocycles. The van der Waals surface area contributed by atoms with E-state index in [0.29, 0.717) is 12.3 Å². The van der Waals surface area contributed by atoms with E-state index in [4.69, 9.17) is 5.11 Å². The third-order valence-corrected chi connectivity index (χ3v) is 1.89. The van der Waals surface area contributed by atoms with Gasteiger partial charge in [-0.3, -0.25) is 0 Å². The quantitative estimate of drug-likeness (QED) is 0.677. The molecule has 0 heterocycles. The Hall–Kier alpha value is 0.110. The lowest BCUT2D eigenvalue weighted by Gasteiger charge is -2.15. The number of hydrogen-bond acceptors (Lipinski definition) is 1. The second-order valence-corrected chi connectivity index (χ2v) is 3.89. The minimum atomic E-state index is -3.48. The monoisotopic (exact) mass is 200 g/mol. The molecule has 74 valence electrons. The first-order chi connectivity index (χ1) is 5.34. The minimum absolute atomic E-state index is 0.0642. The van der Waals surface area contributed by atoms with Crippen LogP contribution in [0.5, 0.6) is 0 Å². The van der Waals surface area contributed by atoms with E-state index < -0.39 is 11.5 Å². The molecule has 0 saturated carbocycles. The van der Waals surface area contributed by atoms with E-state index in [1.165, 1.54) is 0 Å². The van der Waals surface area contributed by atoms with Gasteiger partial charge in [-0.25, -0.2) is 0 Å². The molecule has 0 bridgehead atoms. The minimum Gasteiger partial charge on any atom is -0.385 e. The highest BCUT2D eigenvalue weighted by atomic mass is 35.5. The molecule has 1 nitrogen and oxygen atoms in total. The van der Waals surface area contributed by atoms with Crippen molar-refractivity contribution in [3.05, 3.63) is 0 Å². The largest absolute Gasteiger partial charge is 0.385 e. The van der Waals surface area contributed by atoms with Gasteiger partial charge in [-0.05, 0) is 23.9 Å². The Morgan fingerprint density at radius 1 is 1.33 bits per heavy atom. The maximum atomic E-state index is 12.2. The molecule has 0 spiro atoms. The van der Waals surface area contributed by atoms with Gasteiger partial charge in [0.05, 0.1) is 0 Å². The molecule has 0 saturated heterocycles. The van der Waals surface area contributed by atoms with Gasteiger partial charge in [0.2, 0.25) is 0 Å². The summed E-state index contributed by atoms with van der Waals surface area (Å²) in [6, 6.07) is 0. The van der Waals surface area contributed by atoms with E-state index in [0.717, 1.165) is 6.42 Å². The number of aliphatic hydroxyl groups is 1. The Labute approximate surface area is 76.7 Å². The van der Waals surface area contributed by atoms with Crippen molar-refractivity contribution in [2.75, 3.05) is 0 Å². The maximum Gasteiger partial charge on any atom is 0.347 e. The first-order valence-corrected chi connectivity index (χ1v) is 4.46. The summed E-state index contributed by atoms with van der Waals surface area (Å²) < 4.78 is 24.3. The zero-order chi connectivity index (χ0) is 9.78. The summed E-state index contributed by atoms with van der Waals surface area (Å²) >= 11 is 4.62. The fourth-order valence-electron chi connectivity index (χ4n) is 0.883. The highest BCUT2D eigenvalue weighted by Crippen LogP contribution is 2.27. The average molecular weight is 201 g/mol.